The molecule has 1 unspecified atom stereocenters. The van der Waals surface area contributed by atoms with Gasteiger partial charge in [0.05, 0.1) is 21.7 Å². The molecule has 1 fully saturated rings. The number of nitrogens with zero attached hydrogens (tertiary/aromatic N) is 1. The largest absolute Gasteiger partial charge is 0.507 e. The zero-order valence-corrected chi connectivity index (χ0v) is 17.9. The van der Waals surface area contributed by atoms with E-state index < -0.39 is 17.7 Å². The Labute approximate surface area is 180 Å². The maximum absolute atomic E-state index is 12.9. The minimum atomic E-state index is -0.686. The number of rotatable bonds is 6. The fraction of sp³-hybridized carbons (Fsp3) is 0.304. The number of carbonyl (C=O) groups excluding carboxylic acids is 2. The smallest absolute Gasteiger partial charge is 0.295 e. The summed E-state index contributed by atoms with van der Waals surface area (Å²) in [5, 5.41) is 11.6. The number of ketones is 1. The van der Waals surface area contributed by atoms with Gasteiger partial charge < -0.3 is 10.0 Å². The zero-order chi connectivity index (χ0) is 21.1. The van der Waals surface area contributed by atoms with Crippen LogP contribution in [0.4, 0.5) is 0 Å². The van der Waals surface area contributed by atoms with E-state index in [1.807, 2.05) is 31.2 Å². The average Bonchev–Trinajstić information content (AvgIpc) is 2.98. The fourth-order valence-corrected chi connectivity index (χ4v) is 3.82. The highest BCUT2D eigenvalue weighted by Crippen LogP contribution is 2.40. The molecule has 2 aromatic rings. The Morgan fingerprint density at radius 3 is 2.31 bits per heavy atom. The number of aliphatic hydroxyl groups is 1. The normalized spacial score (nSPS) is 18.5. The SMILES string of the molecule is CCCCN1C(=O)C(=O)/C(=C(\O)c2ccc(Cl)c(Cl)c2)C1c1ccc(CC)cc1. The maximum atomic E-state index is 12.9. The summed E-state index contributed by atoms with van der Waals surface area (Å²) in [6.07, 6.45) is 2.54. The summed E-state index contributed by atoms with van der Waals surface area (Å²) in [5.74, 6) is -1.52. The molecular weight excluding hydrogens is 409 g/mol. The second kappa shape index (κ2) is 9.02. The third kappa shape index (κ3) is 4.19. The van der Waals surface area contributed by atoms with Gasteiger partial charge in [-0.05, 0) is 42.2 Å². The number of halogens is 2. The number of unbranched alkanes of at least 4 members (excludes halogenated alkanes) is 1. The fourth-order valence-electron chi connectivity index (χ4n) is 3.52. The van der Waals surface area contributed by atoms with Crippen molar-refractivity contribution in [3.05, 3.63) is 74.8 Å². The van der Waals surface area contributed by atoms with E-state index in [0.29, 0.717) is 17.1 Å². The Balaban J connectivity index is 2.15. The first kappa shape index (κ1) is 21.4. The molecule has 1 atom stereocenters. The quantitative estimate of drug-likeness (QED) is 0.358. The van der Waals surface area contributed by atoms with Gasteiger partial charge in [0.2, 0.25) is 0 Å². The van der Waals surface area contributed by atoms with Crippen LogP contribution in [0, 0.1) is 0 Å². The van der Waals surface area contributed by atoms with Crippen LogP contribution in [0.25, 0.3) is 5.76 Å². The van der Waals surface area contributed by atoms with Crippen LogP contribution in [0.2, 0.25) is 10.0 Å². The third-order valence-electron chi connectivity index (χ3n) is 5.19. The Morgan fingerprint density at radius 1 is 1.03 bits per heavy atom. The highest BCUT2D eigenvalue weighted by molar-refractivity contribution is 6.46. The molecule has 2 aromatic carbocycles. The minimum absolute atomic E-state index is 0.0775. The molecule has 0 bridgehead atoms. The predicted molar refractivity (Wildman–Crippen MR) is 116 cm³/mol. The predicted octanol–water partition coefficient (Wildman–Crippen LogP) is 5.78. The molecule has 0 aromatic heterocycles. The maximum Gasteiger partial charge on any atom is 0.295 e. The highest BCUT2D eigenvalue weighted by Gasteiger charge is 2.45. The summed E-state index contributed by atoms with van der Waals surface area (Å²) in [4.78, 5) is 27.2. The molecule has 4 nitrogen and oxygen atoms in total. The molecule has 0 spiro atoms. The lowest BCUT2D eigenvalue weighted by Crippen LogP contribution is -2.30. The van der Waals surface area contributed by atoms with Crippen molar-refractivity contribution in [3.8, 4) is 0 Å². The van der Waals surface area contributed by atoms with E-state index in [4.69, 9.17) is 23.2 Å². The Morgan fingerprint density at radius 2 is 1.72 bits per heavy atom. The van der Waals surface area contributed by atoms with Crippen LogP contribution < -0.4 is 0 Å². The molecule has 1 amide bonds. The third-order valence-corrected chi connectivity index (χ3v) is 5.93. The number of hydrogen-bond acceptors (Lipinski definition) is 3. The molecule has 3 rings (SSSR count). The van der Waals surface area contributed by atoms with Crippen LogP contribution in [0.1, 0.15) is 49.4 Å². The molecule has 1 N–H and O–H groups in total. The number of amides is 1. The summed E-state index contributed by atoms with van der Waals surface area (Å²) >= 11 is 12.1. The van der Waals surface area contributed by atoms with E-state index in [-0.39, 0.29) is 16.4 Å². The van der Waals surface area contributed by atoms with E-state index in [2.05, 4.69) is 6.92 Å². The molecule has 29 heavy (non-hydrogen) atoms. The van der Waals surface area contributed by atoms with Crippen molar-refractivity contribution in [2.45, 2.75) is 39.2 Å². The van der Waals surface area contributed by atoms with Gasteiger partial charge in [0.25, 0.3) is 11.7 Å². The van der Waals surface area contributed by atoms with Crippen molar-refractivity contribution in [2.75, 3.05) is 6.54 Å². The number of hydrogen-bond donors (Lipinski definition) is 1. The Hall–Kier alpha value is -2.30. The van der Waals surface area contributed by atoms with Gasteiger partial charge in [0.1, 0.15) is 5.76 Å². The van der Waals surface area contributed by atoms with Crippen LogP contribution in [0.3, 0.4) is 0 Å². The lowest BCUT2D eigenvalue weighted by molar-refractivity contribution is -0.139. The van der Waals surface area contributed by atoms with Crippen molar-refractivity contribution in [2.24, 2.45) is 0 Å². The molecule has 0 radical (unpaired) electrons. The van der Waals surface area contributed by atoms with Crippen molar-refractivity contribution >= 4 is 40.7 Å². The van der Waals surface area contributed by atoms with Gasteiger partial charge in [-0.1, -0.05) is 67.7 Å². The van der Waals surface area contributed by atoms with Crippen LogP contribution in [-0.4, -0.2) is 28.2 Å². The second-order valence-electron chi connectivity index (χ2n) is 7.07. The molecular formula is C23H23Cl2NO3. The summed E-state index contributed by atoms with van der Waals surface area (Å²) in [6.45, 7) is 4.53. The molecule has 1 heterocycles. The molecule has 1 saturated heterocycles. The topological polar surface area (TPSA) is 57.6 Å². The second-order valence-corrected chi connectivity index (χ2v) is 7.88. The van der Waals surface area contributed by atoms with Crippen LogP contribution >= 0.6 is 23.2 Å². The van der Waals surface area contributed by atoms with E-state index in [9.17, 15) is 14.7 Å². The van der Waals surface area contributed by atoms with Crippen LogP contribution in [0.5, 0.6) is 0 Å². The molecule has 1 aliphatic heterocycles. The zero-order valence-electron chi connectivity index (χ0n) is 16.4. The summed E-state index contributed by atoms with van der Waals surface area (Å²) in [6, 6.07) is 11.8. The lowest BCUT2D eigenvalue weighted by atomic mass is 9.94. The van der Waals surface area contributed by atoms with Gasteiger partial charge in [-0.25, -0.2) is 0 Å². The molecule has 1 aliphatic rings. The minimum Gasteiger partial charge on any atom is -0.507 e. The molecule has 0 saturated carbocycles. The first-order valence-corrected chi connectivity index (χ1v) is 10.5. The highest BCUT2D eigenvalue weighted by atomic mass is 35.5. The Bertz CT molecular complexity index is 967. The van der Waals surface area contributed by atoms with E-state index in [0.717, 1.165) is 30.4 Å². The summed E-state index contributed by atoms with van der Waals surface area (Å²) < 4.78 is 0. The number of Topliss-reactive ketones (excluding diaryl/α,β-unsaturated/α-hetero) is 1. The van der Waals surface area contributed by atoms with Gasteiger partial charge in [-0.15, -0.1) is 0 Å². The van der Waals surface area contributed by atoms with Crippen molar-refractivity contribution in [1.29, 1.82) is 0 Å². The standard InChI is InChI=1S/C23H23Cl2NO3/c1-3-5-12-26-20(15-8-6-14(4-2)7-9-15)19(22(28)23(26)29)21(27)16-10-11-17(24)18(25)13-16/h6-11,13,20,27H,3-5,12H2,1-2H3/b21-19-. The molecule has 0 aliphatic carbocycles. The average molecular weight is 432 g/mol. The lowest BCUT2D eigenvalue weighted by Gasteiger charge is -2.25. The van der Waals surface area contributed by atoms with Gasteiger partial charge >= 0.3 is 0 Å². The number of aliphatic hydroxyl groups excluding tert-OH is 1. The summed E-state index contributed by atoms with van der Waals surface area (Å²) in [7, 11) is 0. The monoisotopic (exact) mass is 431 g/mol. The Kier molecular flexibility index (Phi) is 6.66. The first-order chi connectivity index (χ1) is 13.9. The number of benzene rings is 2. The van der Waals surface area contributed by atoms with Gasteiger partial charge in [0.15, 0.2) is 0 Å². The molecule has 152 valence electrons. The van der Waals surface area contributed by atoms with Crippen molar-refractivity contribution in [1.82, 2.24) is 4.90 Å². The van der Waals surface area contributed by atoms with E-state index in [1.165, 1.54) is 6.07 Å². The van der Waals surface area contributed by atoms with Crippen molar-refractivity contribution < 1.29 is 14.7 Å². The van der Waals surface area contributed by atoms with Crippen molar-refractivity contribution in [3.63, 3.8) is 0 Å². The van der Waals surface area contributed by atoms with Gasteiger partial charge in [-0.3, -0.25) is 9.59 Å². The van der Waals surface area contributed by atoms with E-state index >= 15 is 0 Å². The first-order valence-electron chi connectivity index (χ1n) is 9.71. The number of aryl methyl sites for hydroxylation is 1. The number of carbonyl (C=O) groups is 2. The van der Waals surface area contributed by atoms with Crippen LogP contribution in [-0.2, 0) is 16.0 Å². The molecule has 6 heteroatoms. The van der Waals surface area contributed by atoms with Gasteiger partial charge in [0, 0.05) is 12.1 Å². The summed E-state index contributed by atoms with van der Waals surface area (Å²) in [5.41, 5.74) is 2.37. The number of likely N-dealkylation sites (tertiary alicyclic amines) is 1. The van der Waals surface area contributed by atoms with E-state index in [1.54, 1.807) is 17.0 Å². The van der Waals surface area contributed by atoms with Gasteiger partial charge in [-0.2, -0.15) is 0 Å². The van der Waals surface area contributed by atoms with Crippen LogP contribution in [0.15, 0.2) is 48.0 Å².